The number of hydrogen-bond donors (Lipinski definition) is 0. The van der Waals surface area contributed by atoms with Crippen molar-refractivity contribution in [3.05, 3.63) is 29.3 Å². The van der Waals surface area contributed by atoms with E-state index in [2.05, 4.69) is 6.92 Å². The Hall–Kier alpha value is -1.55. The summed E-state index contributed by atoms with van der Waals surface area (Å²) in [5.74, 6) is 0.362. The molecule has 1 aliphatic rings. The molecule has 20 heavy (non-hydrogen) atoms. The predicted molar refractivity (Wildman–Crippen MR) is 75.9 cm³/mol. The number of carbonyl (C=O) groups is 1. The molecular formula is C16H22O4. The second-order valence-corrected chi connectivity index (χ2v) is 4.89. The zero-order valence-corrected chi connectivity index (χ0v) is 12.4. The quantitative estimate of drug-likeness (QED) is 0.777. The fraction of sp³-hybridized carbons (Fsp3) is 0.562. The molecule has 0 amide bonds. The molecule has 0 saturated carbocycles. The molecule has 0 aromatic heterocycles. The molecule has 0 bridgehead atoms. The zero-order valence-electron chi connectivity index (χ0n) is 12.4. The molecule has 0 radical (unpaired) electrons. The molecule has 0 unspecified atom stereocenters. The number of rotatable bonds is 5. The first-order valence-electron chi connectivity index (χ1n) is 7.16. The van der Waals surface area contributed by atoms with E-state index in [9.17, 15) is 4.79 Å². The zero-order chi connectivity index (χ0) is 14.6. The molecule has 1 aromatic rings. The van der Waals surface area contributed by atoms with E-state index in [-0.39, 0.29) is 5.97 Å². The number of methoxy groups -OCH3 is 1. The van der Waals surface area contributed by atoms with Crippen molar-refractivity contribution in [2.75, 3.05) is 20.3 Å². The minimum atomic E-state index is -1.01. The summed E-state index contributed by atoms with van der Waals surface area (Å²) in [4.78, 5) is 12.3. The van der Waals surface area contributed by atoms with Crippen molar-refractivity contribution < 1.29 is 19.0 Å². The van der Waals surface area contributed by atoms with E-state index in [4.69, 9.17) is 14.2 Å². The first-order chi connectivity index (χ1) is 9.67. The second-order valence-electron chi connectivity index (χ2n) is 4.89. The minimum absolute atomic E-state index is 0.343. The van der Waals surface area contributed by atoms with Crippen LogP contribution in [0.1, 0.15) is 37.8 Å². The molecule has 1 saturated heterocycles. The smallest absolute Gasteiger partial charge is 0.342 e. The molecule has 110 valence electrons. The molecule has 0 aliphatic carbocycles. The van der Waals surface area contributed by atoms with Crippen molar-refractivity contribution in [1.82, 2.24) is 0 Å². The van der Waals surface area contributed by atoms with E-state index in [0.717, 1.165) is 24.0 Å². The fourth-order valence-electron chi connectivity index (χ4n) is 2.68. The highest BCUT2D eigenvalue weighted by atomic mass is 16.6. The monoisotopic (exact) mass is 278 g/mol. The molecule has 1 aliphatic heterocycles. The summed E-state index contributed by atoms with van der Waals surface area (Å²) in [5, 5.41) is 0. The van der Waals surface area contributed by atoms with Gasteiger partial charge in [-0.2, -0.15) is 0 Å². The van der Waals surface area contributed by atoms with E-state index in [0.29, 0.717) is 25.4 Å². The molecule has 1 atom stereocenters. The maximum atomic E-state index is 12.3. The van der Waals surface area contributed by atoms with Crippen LogP contribution in [0, 0.1) is 0 Å². The number of esters is 1. The average molecular weight is 278 g/mol. The summed E-state index contributed by atoms with van der Waals surface area (Å²) in [5.41, 5.74) is 0.940. The van der Waals surface area contributed by atoms with Crippen LogP contribution in [0.3, 0.4) is 0 Å². The first kappa shape index (κ1) is 14.9. The fourth-order valence-corrected chi connectivity index (χ4v) is 2.68. The van der Waals surface area contributed by atoms with Gasteiger partial charge in [0, 0.05) is 12.2 Å². The van der Waals surface area contributed by atoms with Gasteiger partial charge in [-0.25, -0.2) is 4.79 Å². The van der Waals surface area contributed by atoms with E-state index in [1.807, 2.05) is 25.1 Å². The van der Waals surface area contributed by atoms with Crippen LogP contribution in [0.2, 0.25) is 0 Å². The van der Waals surface area contributed by atoms with Crippen LogP contribution in [0.25, 0.3) is 0 Å². The van der Waals surface area contributed by atoms with Gasteiger partial charge in [-0.05, 0) is 43.9 Å². The molecule has 4 heteroatoms. The highest BCUT2D eigenvalue weighted by Crippen LogP contribution is 2.42. The van der Waals surface area contributed by atoms with Gasteiger partial charge < -0.3 is 14.2 Å². The molecular weight excluding hydrogens is 256 g/mol. The van der Waals surface area contributed by atoms with Crippen molar-refractivity contribution in [1.29, 1.82) is 0 Å². The standard InChI is InChI=1S/C16H22O4/c1-4-12-7-8-14(19-5-2)13(11-12)16(15(17)18-3)9-6-10-20-16/h7-8,11H,4-6,9-10H2,1-3H3/t16-/m0/s1. The number of aryl methyl sites for hydroxylation is 1. The summed E-state index contributed by atoms with van der Waals surface area (Å²) >= 11 is 0. The highest BCUT2D eigenvalue weighted by Gasteiger charge is 2.47. The Labute approximate surface area is 120 Å². The van der Waals surface area contributed by atoms with Crippen molar-refractivity contribution in [3.8, 4) is 5.75 Å². The summed E-state index contributed by atoms with van der Waals surface area (Å²) < 4.78 is 16.5. The van der Waals surface area contributed by atoms with Crippen LogP contribution < -0.4 is 4.74 Å². The van der Waals surface area contributed by atoms with Crippen LogP contribution in [0.5, 0.6) is 5.75 Å². The lowest BCUT2D eigenvalue weighted by Gasteiger charge is -2.28. The van der Waals surface area contributed by atoms with E-state index < -0.39 is 5.60 Å². The average Bonchev–Trinajstić information content (AvgIpc) is 2.97. The van der Waals surface area contributed by atoms with E-state index in [1.165, 1.54) is 7.11 Å². The Morgan fingerprint density at radius 2 is 2.20 bits per heavy atom. The number of ether oxygens (including phenoxy) is 3. The lowest BCUT2D eigenvalue weighted by Crippen LogP contribution is -2.36. The largest absolute Gasteiger partial charge is 0.493 e. The maximum absolute atomic E-state index is 12.3. The van der Waals surface area contributed by atoms with Gasteiger partial charge in [0.25, 0.3) is 0 Å². The SMILES string of the molecule is CCOc1ccc(CC)cc1[C@]1(C(=O)OC)CCCO1. The van der Waals surface area contributed by atoms with Crippen LogP contribution in [-0.2, 0) is 26.3 Å². The van der Waals surface area contributed by atoms with Crippen LogP contribution >= 0.6 is 0 Å². The van der Waals surface area contributed by atoms with E-state index in [1.54, 1.807) is 0 Å². The van der Waals surface area contributed by atoms with E-state index >= 15 is 0 Å². The molecule has 2 rings (SSSR count). The Morgan fingerprint density at radius 1 is 1.40 bits per heavy atom. The topological polar surface area (TPSA) is 44.8 Å². The van der Waals surface area contributed by atoms with Crippen molar-refractivity contribution in [2.45, 2.75) is 38.7 Å². The third-order valence-electron chi connectivity index (χ3n) is 3.72. The summed E-state index contributed by atoms with van der Waals surface area (Å²) in [6, 6.07) is 5.95. The third-order valence-corrected chi connectivity index (χ3v) is 3.72. The Balaban J connectivity index is 2.53. The molecule has 4 nitrogen and oxygen atoms in total. The maximum Gasteiger partial charge on any atom is 0.342 e. The Bertz CT molecular complexity index is 475. The predicted octanol–water partition coefficient (Wildman–Crippen LogP) is 2.83. The van der Waals surface area contributed by atoms with Gasteiger partial charge in [-0.3, -0.25) is 0 Å². The molecule has 0 spiro atoms. The lowest BCUT2D eigenvalue weighted by atomic mass is 9.88. The van der Waals surface area contributed by atoms with Crippen molar-refractivity contribution in [3.63, 3.8) is 0 Å². The van der Waals surface area contributed by atoms with Gasteiger partial charge >= 0.3 is 5.97 Å². The number of carbonyl (C=O) groups excluding carboxylic acids is 1. The van der Waals surface area contributed by atoms with Gasteiger partial charge in [-0.1, -0.05) is 13.0 Å². The first-order valence-corrected chi connectivity index (χ1v) is 7.16. The highest BCUT2D eigenvalue weighted by molar-refractivity contribution is 5.82. The number of hydrogen-bond acceptors (Lipinski definition) is 4. The minimum Gasteiger partial charge on any atom is -0.493 e. The summed E-state index contributed by atoms with van der Waals surface area (Å²) in [6.45, 7) is 5.13. The summed E-state index contributed by atoms with van der Waals surface area (Å²) in [6.07, 6.45) is 2.38. The molecule has 1 fully saturated rings. The molecule has 0 N–H and O–H groups in total. The van der Waals surface area contributed by atoms with Gasteiger partial charge in [0.1, 0.15) is 5.75 Å². The number of benzene rings is 1. The normalized spacial score (nSPS) is 21.8. The van der Waals surface area contributed by atoms with Crippen LogP contribution in [-0.4, -0.2) is 26.3 Å². The van der Waals surface area contributed by atoms with Gasteiger partial charge in [0.15, 0.2) is 5.60 Å². The Kier molecular flexibility index (Phi) is 4.65. The van der Waals surface area contributed by atoms with Gasteiger partial charge in [0.2, 0.25) is 0 Å². The molecule has 1 aromatic carbocycles. The lowest BCUT2D eigenvalue weighted by molar-refractivity contribution is -0.165. The van der Waals surface area contributed by atoms with Gasteiger partial charge in [0.05, 0.1) is 13.7 Å². The second kappa shape index (κ2) is 6.27. The van der Waals surface area contributed by atoms with Crippen LogP contribution in [0.4, 0.5) is 0 Å². The molecule has 1 heterocycles. The summed E-state index contributed by atoms with van der Waals surface area (Å²) in [7, 11) is 1.40. The van der Waals surface area contributed by atoms with Gasteiger partial charge in [-0.15, -0.1) is 0 Å². The van der Waals surface area contributed by atoms with Crippen molar-refractivity contribution >= 4 is 5.97 Å². The van der Waals surface area contributed by atoms with Crippen molar-refractivity contribution in [2.24, 2.45) is 0 Å². The third kappa shape index (κ3) is 2.52. The Morgan fingerprint density at radius 3 is 2.75 bits per heavy atom. The van der Waals surface area contributed by atoms with Crippen LogP contribution in [0.15, 0.2) is 18.2 Å².